The highest BCUT2D eigenvalue weighted by atomic mass is 127. The third kappa shape index (κ3) is 6.29. The van der Waals surface area contributed by atoms with Gasteiger partial charge in [-0.1, -0.05) is 6.42 Å². The van der Waals surface area contributed by atoms with E-state index in [-0.39, 0.29) is 30.1 Å². The Morgan fingerprint density at radius 3 is 2.50 bits per heavy atom. The molecule has 1 fully saturated rings. The van der Waals surface area contributed by atoms with Gasteiger partial charge in [0.1, 0.15) is 17.6 Å². The summed E-state index contributed by atoms with van der Waals surface area (Å²) in [5.74, 6) is 2.90. The summed E-state index contributed by atoms with van der Waals surface area (Å²) in [5.41, 5.74) is 5.85. The molecule has 1 atom stereocenters. The third-order valence-corrected chi connectivity index (χ3v) is 3.71. The lowest BCUT2D eigenvalue weighted by Crippen LogP contribution is -2.37. The molecule has 1 aliphatic rings. The number of nitrogens with one attached hydrogen (secondary N) is 1. The van der Waals surface area contributed by atoms with E-state index in [2.05, 4.69) is 10.3 Å². The topological polar surface area (TPSA) is 68.9 Å². The van der Waals surface area contributed by atoms with Gasteiger partial charge in [-0.25, -0.2) is 4.99 Å². The molecule has 1 unspecified atom stereocenters. The van der Waals surface area contributed by atoms with E-state index in [0.717, 1.165) is 24.0 Å². The summed E-state index contributed by atoms with van der Waals surface area (Å²) in [6.45, 7) is 3.45. The van der Waals surface area contributed by atoms with Gasteiger partial charge in [0.25, 0.3) is 0 Å². The van der Waals surface area contributed by atoms with Crippen molar-refractivity contribution in [3.8, 4) is 11.5 Å². The van der Waals surface area contributed by atoms with Crippen LogP contribution in [0.3, 0.4) is 0 Å². The van der Waals surface area contributed by atoms with Crippen molar-refractivity contribution in [2.45, 2.75) is 32.3 Å². The molecule has 0 amide bonds. The van der Waals surface area contributed by atoms with Crippen LogP contribution in [0.4, 0.5) is 0 Å². The maximum Gasteiger partial charge on any atom is 0.188 e. The Balaban J connectivity index is 0.00000242. The van der Waals surface area contributed by atoms with E-state index in [9.17, 15) is 0 Å². The average Bonchev–Trinajstić information content (AvgIpc) is 2.44. The van der Waals surface area contributed by atoms with Crippen LogP contribution in [0.25, 0.3) is 0 Å². The first kappa shape index (κ1) is 18.9. The molecule has 2 rings (SSSR count). The molecule has 22 heavy (non-hydrogen) atoms. The van der Waals surface area contributed by atoms with Crippen molar-refractivity contribution in [1.82, 2.24) is 5.32 Å². The molecular weight excluding hydrogens is 393 g/mol. The highest BCUT2D eigenvalue weighted by Crippen LogP contribution is 2.25. The van der Waals surface area contributed by atoms with Crippen LogP contribution in [0.15, 0.2) is 29.3 Å². The molecule has 0 heterocycles. The predicted molar refractivity (Wildman–Crippen MR) is 100 cm³/mol. The first-order chi connectivity index (χ1) is 10.2. The van der Waals surface area contributed by atoms with Gasteiger partial charge in [0.05, 0.1) is 13.7 Å². The number of guanidine groups is 1. The molecule has 0 bridgehead atoms. The van der Waals surface area contributed by atoms with Crippen molar-refractivity contribution >= 4 is 29.9 Å². The minimum Gasteiger partial charge on any atom is -0.497 e. The van der Waals surface area contributed by atoms with Crippen LogP contribution in [0.5, 0.6) is 11.5 Å². The number of methoxy groups -OCH3 is 1. The summed E-state index contributed by atoms with van der Waals surface area (Å²) in [6, 6.07) is 7.52. The zero-order valence-electron chi connectivity index (χ0n) is 13.2. The Bertz CT molecular complexity index is 461. The van der Waals surface area contributed by atoms with Crippen LogP contribution >= 0.6 is 24.0 Å². The average molecular weight is 419 g/mol. The fraction of sp³-hybridized carbons (Fsp3) is 0.562. The van der Waals surface area contributed by atoms with E-state index in [1.54, 1.807) is 7.11 Å². The van der Waals surface area contributed by atoms with Crippen molar-refractivity contribution in [1.29, 1.82) is 0 Å². The number of hydrogen-bond donors (Lipinski definition) is 2. The van der Waals surface area contributed by atoms with Gasteiger partial charge >= 0.3 is 0 Å². The largest absolute Gasteiger partial charge is 0.497 e. The molecule has 0 saturated heterocycles. The van der Waals surface area contributed by atoms with E-state index < -0.39 is 0 Å². The Morgan fingerprint density at radius 2 is 1.95 bits per heavy atom. The monoisotopic (exact) mass is 419 g/mol. The van der Waals surface area contributed by atoms with Crippen molar-refractivity contribution < 1.29 is 9.47 Å². The highest BCUT2D eigenvalue weighted by molar-refractivity contribution is 14.0. The summed E-state index contributed by atoms with van der Waals surface area (Å²) in [7, 11) is 1.65. The predicted octanol–water partition coefficient (Wildman–Crippen LogP) is 2.78. The molecular formula is C16H26IN3O2. The lowest BCUT2D eigenvalue weighted by atomic mass is 9.85. The SMILES string of the molecule is COc1ccc(OC(C)CN=C(N)NCC2CCC2)cc1.I. The summed E-state index contributed by atoms with van der Waals surface area (Å²) < 4.78 is 10.9. The lowest BCUT2D eigenvalue weighted by molar-refractivity contribution is 0.230. The van der Waals surface area contributed by atoms with Gasteiger partial charge in [-0.2, -0.15) is 0 Å². The summed E-state index contributed by atoms with van der Waals surface area (Å²) in [5, 5.41) is 3.17. The van der Waals surface area contributed by atoms with Gasteiger partial charge in [-0.05, 0) is 49.9 Å². The fourth-order valence-electron chi connectivity index (χ4n) is 2.15. The Labute approximate surface area is 149 Å². The van der Waals surface area contributed by atoms with Gasteiger partial charge in [0, 0.05) is 6.54 Å². The van der Waals surface area contributed by atoms with E-state index >= 15 is 0 Å². The lowest BCUT2D eigenvalue weighted by Gasteiger charge is -2.25. The van der Waals surface area contributed by atoms with Gasteiger partial charge in [-0.3, -0.25) is 0 Å². The van der Waals surface area contributed by atoms with Crippen LogP contribution in [-0.2, 0) is 0 Å². The molecule has 1 saturated carbocycles. The number of benzene rings is 1. The van der Waals surface area contributed by atoms with Gasteiger partial charge < -0.3 is 20.5 Å². The number of rotatable bonds is 7. The quantitative estimate of drug-likeness (QED) is 0.405. The van der Waals surface area contributed by atoms with Crippen molar-refractivity contribution in [3.63, 3.8) is 0 Å². The minimum absolute atomic E-state index is 0. The molecule has 0 spiro atoms. The van der Waals surface area contributed by atoms with Crippen LogP contribution in [-0.4, -0.2) is 32.3 Å². The second-order valence-electron chi connectivity index (χ2n) is 5.51. The highest BCUT2D eigenvalue weighted by Gasteiger charge is 2.16. The van der Waals surface area contributed by atoms with Crippen molar-refractivity contribution in [2.24, 2.45) is 16.6 Å². The van der Waals surface area contributed by atoms with E-state index in [0.29, 0.717) is 12.5 Å². The first-order valence-corrected chi connectivity index (χ1v) is 7.52. The molecule has 0 aromatic heterocycles. The second kappa shape index (κ2) is 9.76. The van der Waals surface area contributed by atoms with Crippen LogP contribution < -0.4 is 20.5 Å². The zero-order valence-corrected chi connectivity index (χ0v) is 15.6. The minimum atomic E-state index is -0.0255. The standard InChI is InChI=1S/C16H25N3O2.HI/c1-12(21-15-8-6-14(20-2)7-9-15)10-18-16(17)19-11-13-4-3-5-13;/h6-9,12-13H,3-5,10-11H2,1-2H3,(H3,17,18,19);1H. The first-order valence-electron chi connectivity index (χ1n) is 7.52. The van der Waals surface area contributed by atoms with Crippen molar-refractivity contribution in [3.05, 3.63) is 24.3 Å². The molecule has 5 nitrogen and oxygen atoms in total. The third-order valence-electron chi connectivity index (χ3n) is 3.71. The number of nitrogens with two attached hydrogens (primary N) is 1. The Kier molecular flexibility index (Phi) is 8.37. The fourth-order valence-corrected chi connectivity index (χ4v) is 2.15. The van der Waals surface area contributed by atoms with E-state index in [1.165, 1.54) is 19.3 Å². The summed E-state index contributed by atoms with van der Waals surface area (Å²) in [6.07, 6.45) is 3.92. The maximum atomic E-state index is 5.85. The molecule has 0 aliphatic heterocycles. The van der Waals surface area contributed by atoms with Gasteiger partial charge in [0.2, 0.25) is 0 Å². The molecule has 0 radical (unpaired) electrons. The van der Waals surface area contributed by atoms with E-state index in [1.807, 2.05) is 31.2 Å². The Hall–Kier alpha value is -1.18. The number of halogens is 1. The molecule has 1 aromatic rings. The molecule has 1 aliphatic carbocycles. The van der Waals surface area contributed by atoms with Gasteiger partial charge in [-0.15, -0.1) is 24.0 Å². The number of hydrogen-bond acceptors (Lipinski definition) is 3. The molecule has 1 aromatic carbocycles. The molecule has 6 heteroatoms. The van der Waals surface area contributed by atoms with E-state index in [4.69, 9.17) is 15.2 Å². The maximum absolute atomic E-state index is 5.85. The zero-order chi connectivity index (χ0) is 15.1. The molecule has 3 N–H and O–H groups in total. The number of nitrogens with zero attached hydrogens (tertiary/aromatic N) is 1. The van der Waals surface area contributed by atoms with Crippen LogP contribution in [0.2, 0.25) is 0 Å². The Morgan fingerprint density at radius 1 is 1.32 bits per heavy atom. The second-order valence-corrected chi connectivity index (χ2v) is 5.51. The summed E-state index contributed by atoms with van der Waals surface area (Å²) in [4.78, 5) is 4.32. The summed E-state index contributed by atoms with van der Waals surface area (Å²) >= 11 is 0. The molecule has 124 valence electrons. The van der Waals surface area contributed by atoms with Gasteiger partial charge in [0.15, 0.2) is 5.96 Å². The van der Waals surface area contributed by atoms with Crippen molar-refractivity contribution in [2.75, 3.05) is 20.2 Å². The number of aliphatic imine (C=N–C) groups is 1. The smallest absolute Gasteiger partial charge is 0.188 e. The number of ether oxygens (including phenoxy) is 2. The van der Waals surface area contributed by atoms with Crippen LogP contribution in [0, 0.1) is 5.92 Å². The van der Waals surface area contributed by atoms with Crippen LogP contribution in [0.1, 0.15) is 26.2 Å². The normalized spacial score (nSPS) is 16.2.